The van der Waals surface area contributed by atoms with Gasteiger partial charge in [0.1, 0.15) is 5.82 Å². The van der Waals surface area contributed by atoms with Gasteiger partial charge in [-0.1, -0.05) is 29.5 Å². The van der Waals surface area contributed by atoms with E-state index in [2.05, 4.69) is 5.32 Å². The minimum absolute atomic E-state index is 0.00100. The second-order valence-corrected chi connectivity index (χ2v) is 8.13. The van der Waals surface area contributed by atoms with Gasteiger partial charge in [-0.2, -0.15) is 0 Å². The number of fused-ring (bicyclic) bond motifs is 1. The Balaban J connectivity index is 1.62. The van der Waals surface area contributed by atoms with Crippen molar-refractivity contribution >= 4 is 44.9 Å². The van der Waals surface area contributed by atoms with Crippen molar-refractivity contribution in [2.45, 2.75) is 25.6 Å². The van der Waals surface area contributed by atoms with Crippen molar-refractivity contribution in [3.8, 4) is 0 Å². The minimum atomic E-state index is -0.254. The van der Waals surface area contributed by atoms with E-state index in [0.717, 1.165) is 10.2 Å². The molecule has 136 valence electrons. The van der Waals surface area contributed by atoms with Crippen molar-refractivity contribution in [3.63, 3.8) is 0 Å². The summed E-state index contributed by atoms with van der Waals surface area (Å²) < 4.78 is 16.2. The number of halogens is 1. The number of benzene rings is 2. The molecule has 3 aromatic rings. The molecule has 0 aliphatic heterocycles. The number of amides is 1. The highest BCUT2D eigenvalue weighted by molar-refractivity contribution is 7.99. The maximum absolute atomic E-state index is 13.6. The van der Waals surface area contributed by atoms with E-state index in [0.29, 0.717) is 17.0 Å². The van der Waals surface area contributed by atoms with Gasteiger partial charge in [0, 0.05) is 17.5 Å². The quantitative estimate of drug-likeness (QED) is 0.666. The topological polar surface area (TPSA) is 51.1 Å². The molecule has 2 aromatic carbocycles. The number of aromatic nitrogens is 1. The number of carbonyl (C=O) groups is 1. The maximum atomic E-state index is 13.6. The molecule has 0 aliphatic rings. The van der Waals surface area contributed by atoms with Crippen LogP contribution in [0.1, 0.15) is 25.5 Å². The summed E-state index contributed by atoms with van der Waals surface area (Å²) in [6.45, 7) is 3.94. The van der Waals surface area contributed by atoms with Crippen LogP contribution < -0.4 is 10.2 Å². The molecule has 0 saturated heterocycles. The molecule has 0 aliphatic carbocycles. The van der Waals surface area contributed by atoms with Crippen LogP contribution in [0, 0.1) is 5.82 Å². The third-order valence-corrected chi connectivity index (χ3v) is 5.76. The molecule has 3 rings (SSSR count). The Hall–Kier alpha value is -2.12. The lowest BCUT2D eigenvalue weighted by atomic mass is 10.2. The van der Waals surface area contributed by atoms with Crippen LogP contribution in [0.25, 0.3) is 10.2 Å². The van der Waals surface area contributed by atoms with Gasteiger partial charge in [-0.3, -0.25) is 14.2 Å². The molecule has 1 heterocycles. The summed E-state index contributed by atoms with van der Waals surface area (Å²) in [6, 6.07) is 12.1. The number of thioether (sulfide) groups is 1. The Morgan fingerprint density at radius 2 is 2.04 bits per heavy atom. The van der Waals surface area contributed by atoms with Crippen LogP contribution in [0.2, 0.25) is 0 Å². The fourth-order valence-electron chi connectivity index (χ4n) is 2.67. The molecule has 4 nitrogen and oxygen atoms in total. The van der Waals surface area contributed by atoms with Gasteiger partial charge in [0.25, 0.3) is 0 Å². The van der Waals surface area contributed by atoms with E-state index in [1.165, 1.54) is 29.2 Å². The van der Waals surface area contributed by atoms with Crippen LogP contribution in [0.4, 0.5) is 10.1 Å². The first-order chi connectivity index (χ1) is 12.5. The summed E-state index contributed by atoms with van der Waals surface area (Å²) in [7, 11) is 0. The Morgan fingerprint density at radius 3 is 2.77 bits per heavy atom. The van der Waals surface area contributed by atoms with Crippen LogP contribution in [-0.2, 0) is 10.5 Å². The fourth-order valence-corrected chi connectivity index (χ4v) is 4.54. The first kappa shape index (κ1) is 18.7. The smallest absolute Gasteiger partial charge is 0.308 e. The predicted octanol–water partition coefficient (Wildman–Crippen LogP) is 4.65. The van der Waals surface area contributed by atoms with Gasteiger partial charge in [-0.05, 0) is 43.7 Å². The molecule has 0 unspecified atom stereocenters. The molecule has 1 amide bonds. The van der Waals surface area contributed by atoms with E-state index in [9.17, 15) is 14.0 Å². The zero-order valence-corrected chi connectivity index (χ0v) is 16.1. The van der Waals surface area contributed by atoms with Gasteiger partial charge < -0.3 is 5.32 Å². The molecule has 0 radical (unpaired) electrons. The van der Waals surface area contributed by atoms with Gasteiger partial charge >= 0.3 is 4.87 Å². The molecule has 0 saturated carbocycles. The number of thiazole rings is 1. The average Bonchev–Trinajstić information content (AvgIpc) is 2.91. The number of nitrogens with one attached hydrogen (secondary N) is 1. The lowest BCUT2D eigenvalue weighted by Gasteiger charge is -2.09. The van der Waals surface area contributed by atoms with Gasteiger partial charge in [-0.15, -0.1) is 11.8 Å². The third-order valence-electron chi connectivity index (χ3n) is 3.86. The number of rotatable bonds is 6. The van der Waals surface area contributed by atoms with Crippen LogP contribution in [-0.4, -0.2) is 16.2 Å². The largest absolute Gasteiger partial charge is 0.325 e. The van der Waals surface area contributed by atoms with Crippen molar-refractivity contribution in [1.82, 2.24) is 4.57 Å². The van der Waals surface area contributed by atoms with Gasteiger partial charge in [0.2, 0.25) is 5.91 Å². The van der Waals surface area contributed by atoms with Crippen LogP contribution in [0.3, 0.4) is 0 Å². The molecular formula is C19H19FN2O2S2. The number of nitrogens with zero attached hydrogens (tertiary/aromatic N) is 1. The minimum Gasteiger partial charge on any atom is -0.325 e. The van der Waals surface area contributed by atoms with Gasteiger partial charge in [0.05, 0.1) is 16.0 Å². The van der Waals surface area contributed by atoms with Gasteiger partial charge in [-0.25, -0.2) is 4.39 Å². The van der Waals surface area contributed by atoms with E-state index in [4.69, 9.17) is 0 Å². The Morgan fingerprint density at radius 1 is 1.27 bits per heavy atom. The first-order valence-electron chi connectivity index (χ1n) is 8.22. The summed E-state index contributed by atoms with van der Waals surface area (Å²) in [5.41, 5.74) is 2.12. The second kappa shape index (κ2) is 8.05. The summed E-state index contributed by atoms with van der Waals surface area (Å²) in [6.07, 6.45) is 0. The lowest BCUT2D eigenvalue weighted by molar-refractivity contribution is -0.113. The zero-order valence-electron chi connectivity index (χ0n) is 14.5. The summed E-state index contributed by atoms with van der Waals surface area (Å²) in [5.74, 6) is 0.268. The van der Waals surface area contributed by atoms with Crippen molar-refractivity contribution < 1.29 is 9.18 Å². The Kier molecular flexibility index (Phi) is 5.78. The lowest BCUT2D eigenvalue weighted by Crippen LogP contribution is -2.15. The standard InChI is InChI=1S/C19H19FN2O2S2/c1-12(2)22-16-8-7-14(9-17(16)26-19(22)24)21-18(23)11-25-10-13-5-3-4-6-15(13)20/h3-9,12H,10-11H2,1-2H3,(H,21,23). The van der Waals surface area contributed by atoms with Crippen LogP contribution in [0.15, 0.2) is 47.3 Å². The van der Waals surface area contributed by atoms with Crippen LogP contribution in [0.5, 0.6) is 0 Å². The number of anilines is 1. The van der Waals surface area contributed by atoms with Crippen molar-refractivity contribution in [1.29, 1.82) is 0 Å². The number of hydrogen-bond donors (Lipinski definition) is 1. The SMILES string of the molecule is CC(C)n1c(=O)sc2cc(NC(=O)CSCc3ccccc3F)ccc21. The summed E-state index contributed by atoms with van der Waals surface area (Å²) >= 11 is 2.53. The highest BCUT2D eigenvalue weighted by Gasteiger charge is 2.12. The second-order valence-electron chi connectivity index (χ2n) is 6.15. The summed E-state index contributed by atoms with van der Waals surface area (Å²) in [4.78, 5) is 24.2. The first-order valence-corrected chi connectivity index (χ1v) is 10.2. The van der Waals surface area contributed by atoms with Crippen LogP contribution >= 0.6 is 23.1 Å². The fraction of sp³-hybridized carbons (Fsp3) is 0.263. The van der Waals surface area contributed by atoms with Crippen molar-refractivity contribution in [2.24, 2.45) is 0 Å². The van der Waals surface area contributed by atoms with E-state index in [1.54, 1.807) is 28.8 Å². The number of carbonyl (C=O) groups excluding carboxylic acids is 1. The molecule has 7 heteroatoms. The third kappa shape index (κ3) is 4.16. The monoisotopic (exact) mass is 390 g/mol. The number of hydrogen-bond acceptors (Lipinski definition) is 4. The molecule has 26 heavy (non-hydrogen) atoms. The predicted molar refractivity (Wildman–Crippen MR) is 108 cm³/mol. The van der Waals surface area contributed by atoms with Crippen molar-refractivity contribution in [3.05, 3.63) is 63.5 Å². The maximum Gasteiger partial charge on any atom is 0.308 e. The molecule has 1 N–H and O–H groups in total. The highest BCUT2D eigenvalue weighted by Crippen LogP contribution is 2.24. The molecule has 1 aromatic heterocycles. The molecule has 0 fully saturated rings. The average molecular weight is 391 g/mol. The Bertz CT molecular complexity index is 995. The van der Waals surface area contributed by atoms with Crippen molar-refractivity contribution in [2.75, 3.05) is 11.1 Å². The van der Waals surface area contributed by atoms with E-state index in [-0.39, 0.29) is 28.4 Å². The normalized spacial score (nSPS) is 11.2. The molecule has 0 bridgehead atoms. The zero-order chi connectivity index (χ0) is 18.7. The molecule has 0 spiro atoms. The van der Waals surface area contributed by atoms with E-state index < -0.39 is 0 Å². The highest BCUT2D eigenvalue weighted by atomic mass is 32.2. The Labute approximate surface area is 159 Å². The molecular weight excluding hydrogens is 371 g/mol. The van der Waals surface area contributed by atoms with Gasteiger partial charge in [0.15, 0.2) is 0 Å². The van der Waals surface area contributed by atoms with E-state index in [1.807, 2.05) is 26.0 Å². The molecule has 0 atom stereocenters. The van der Waals surface area contributed by atoms with E-state index >= 15 is 0 Å². The summed E-state index contributed by atoms with van der Waals surface area (Å²) in [5, 5.41) is 2.83.